The zero-order valence-electron chi connectivity index (χ0n) is 9.88. The Balaban J connectivity index is 3.31. The van der Waals surface area contributed by atoms with Crippen molar-refractivity contribution in [2.24, 2.45) is 0 Å². The van der Waals surface area contributed by atoms with Gasteiger partial charge in [-0.25, -0.2) is 4.39 Å². The summed E-state index contributed by atoms with van der Waals surface area (Å²) in [7, 11) is -5.78. The molecule has 0 amide bonds. The molecule has 20 heavy (non-hydrogen) atoms. The van der Waals surface area contributed by atoms with Crippen LogP contribution in [0.2, 0.25) is 5.02 Å². The first-order valence-electron chi connectivity index (χ1n) is 5.11. The fraction of sp³-hybridized carbons (Fsp3) is 0.300. The first kappa shape index (κ1) is 16.7. The second-order valence-corrected chi connectivity index (χ2v) is 5.72. The van der Waals surface area contributed by atoms with Crippen LogP contribution in [-0.2, 0) is 10.0 Å². The number of benzene rings is 1. The van der Waals surface area contributed by atoms with E-state index in [-0.39, 0.29) is 17.0 Å². The van der Waals surface area contributed by atoms with E-state index in [0.29, 0.717) is 12.1 Å². The van der Waals surface area contributed by atoms with E-state index in [9.17, 15) is 30.8 Å². The van der Waals surface area contributed by atoms with Crippen LogP contribution >= 0.6 is 11.6 Å². The van der Waals surface area contributed by atoms with Gasteiger partial charge in [-0.15, -0.1) is 0 Å². The van der Waals surface area contributed by atoms with Gasteiger partial charge < -0.3 is 0 Å². The Kier molecular flexibility index (Phi) is 4.65. The minimum atomic E-state index is -5.78. The molecule has 1 aromatic carbocycles. The molecule has 0 aliphatic heterocycles. The fourth-order valence-corrected chi connectivity index (χ4v) is 2.05. The number of anilines is 1. The number of carbonyl (C=O) groups is 1. The number of ketones is 1. The number of Topliss-reactive ketones (excluding diaryl/α,β-unsaturated/α-hetero) is 1. The van der Waals surface area contributed by atoms with Crippen molar-refractivity contribution in [3.63, 3.8) is 0 Å². The molecule has 0 radical (unpaired) electrons. The molecule has 0 aliphatic carbocycles. The highest BCUT2D eigenvalue weighted by atomic mass is 35.5. The number of nitrogens with one attached hydrogen (secondary N) is 1. The normalized spacial score (nSPS) is 12.3. The predicted octanol–water partition coefficient (Wildman–Crippen LogP) is 3.33. The lowest BCUT2D eigenvalue weighted by Crippen LogP contribution is -2.30. The van der Waals surface area contributed by atoms with Crippen LogP contribution in [0.15, 0.2) is 12.1 Å². The van der Waals surface area contributed by atoms with Gasteiger partial charge in [0.2, 0.25) is 0 Å². The number of hydrogen-bond donors (Lipinski definition) is 1. The Bertz CT molecular complexity index is 643. The zero-order valence-corrected chi connectivity index (χ0v) is 11.5. The van der Waals surface area contributed by atoms with Crippen LogP contribution in [0.5, 0.6) is 0 Å². The lowest BCUT2D eigenvalue weighted by molar-refractivity contribution is -0.0429. The molecule has 1 aromatic rings. The first-order chi connectivity index (χ1) is 8.99. The Morgan fingerprint density at radius 2 is 1.90 bits per heavy atom. The van der Waals surface area contributed by atoms with Crippen LogP contribution in [-0.4, -0.2) is 19.7 Å². The molecule has 0 spiro atoms. The molecule has 0 aliphatic rings. The molecule has 0 saturated carbocycles. The first-order valence-corrected chi connectivity index (χ1v) is 6.97. The van der Waals surface area contributed by atoms with Gasteiger partial charge in [0.1, 0.15) is 5.82 Å². The monoisotopic (exact) mass is 333 g/mol. The van der Waals surface area contributed by atoms with Crippen LogP contribution in [0, 0.1) is 5.82 Å². The van der Waals surface area contributed by atoms with Gasteiger partial charge in [-0.1, -0.05) is 18.5 Å². The summed E-state index contributed by atoms with van der Waals surface area (Å²) in [5, 5.41) is -0.315. The Morgan fingerprint density at radius 1 is 1.35 bits per heavy atom. The van der Waals surface area contributed by atoms with Gasteiger partial charge in [-0.05, 0) is 12.1 Å². The van der Waals surface area contributed by atoms with E-state index in [1.807, 2.05) is 0 Å². The minimum absolute atomic E-state index is 0.0309. The maximum Gasteiger partial charge on any atom is 0.516 e. The highest BCUT2D eigenvalue weighted by molar-refractivity contribution is 7.93. The van der Waals surface area contributed by atoms with E-state index in [4.69, 9.17) is 11.6 Å². The Morgan fingerprint density at radius 3 is 2.35 bits per heavy atom. The molecule has 0 heterocycles. The maximum atomic E-state index is 13.4. The Labute approximate surface area is 116 Å². The summed E-state index contributed by atoms with van der Waals surface area (Å²) in [6, 6.07) is 1.20. The van der Waals surface area contributed by atoms with Crippen molar-refractivity contribution in [1.82, 2.24) is 0 Å². The summed E-state index contributed by atoms with van der Waals surface area (Å²) >= 11 is 5.58. The largest absolute Gasteiger partial charge is 0.516 e. The van der Waals surface area contributed by atoms with Crippen molar-refractivity contribution in [1.29, 1.82) is 0 Å². The molecule has 1 rings (SSSR count). The van der Waals surface area contributed by atoms with E-state index in [1.165, 1.54) is 6.92 Å². The predicted molar refractivity (Wildman–Crippen MR) is 64.6 cm³/mol. The van der Waals surface area contributed by atoms with Crippen molar-refractivity contribution >= 4 is 33.1 Å². The van der Waals surface area contributed by atoms with Gasteiger partial charge in [-0.3, -0.25) is 9.52 Å². The summed E-state index contributed by atoms with van der Waals surface area (Å²) < 4.78 is 72.8. The summed E-state index contributed by atoms with van der Waals surface area (Å²) in [6.45, 7) is 1.46. The number of alkyl halides is 3. The van der Waals surface area contributed by atoms with Crippen molar-refractivity contribution < 1.29 is 30.8 Å². The topological polar surface area (TPSA) is 63.2 Å². The quantitative estimate of drug-likeness (QED) is 0.679. The molecule has 4 nitrogen and oxygen atoms in total. The summed E-state index contributed by atoms with van der Waals surface area (Å²) in [4.78, 5) is 11.5. The molecule has 0 saturated heterocycles. The van der Waals surface area contributed by atoms with Gasteiger partial charge in [0.05, 0.1) is 10.7 Å². The molecular weight excluding hydrogens is 326 g/mol. The SMILES string of the molecule is CCC(=O)c1cc(NS(=O)(=O)C(F)(F)F)c(F)cc1Cl. The number of carbonyl (C=O) groups excluding carboxylic acids is 1. The van der Waals surface area contributed by atoms with Crippen molar-refractivity contribution in [3.8, 4) is 0 Å². The smallest absolute Gasteiger partial charge is 0.294 e. The van der Waals surface area contributed by atoms with Gasteiger partial charge in [0.15, 0.2) is 5.78 Å². The molecule has 0 fully saturated rings. The summed E-state index contributed by atoms with van der Waals surface area (Å²) in [6.07, 6.45) is -0.0309. The van der Waals surface area contributed by atoms with E-state index in [2.05, 4.69) is 0 Å². The van der Waals surface area contributed by atoms with Gasteiger partial charge in [0.25, 0.3) is 0 Å². The third-order valence-corrected chi connectivity index (χ3v) is 3.64. The summed E-state index contributed by atoms with van der Waals surface area (Å²) in [5.41, 5.74) is -6.87. The molecule has 0 atom stereocenters. The van der Waals surface area contributed by atoms with E-state index < -0.39 is 32.8 Å². The molecule has 0 aromatic heterocycles. The minimum Gasteiger partial charge on any atom is -0.294 e. The molecule has 1 N–H and O–H groups in total. The second-order valence-electron chi connectivity index (χ2n) is 3.64. The van der Waals surface area contributed by atoms with Crippen LogP contribution in [0.25, 0.3) is 0 Å². The second kappa shape index (κ2) is 5.57. The average molecular weight is 334 g/mol. The van der Waals surface area contributed by atoms with Crippen molar-refractivity contribution in [2.45, 2.75) is 18.9 Å². The third-order valence-electron chi connectivity index (χ3n) is 2.23. The van der Waals surface area contributed by atoms with E-state index in [1.54, 1.807) is 0 Å². The highest BCUT2D eigenvalue weighted by Gasteiger charge is 2.46. The van der Waals surface area contributed by atoms with Gasteiger partial charge in [0, 0.05) is 12.0 Å². The van der Waals surface area contributed by atoms with Crippen molar-refractivity contribution in [2.75, 3.05) is 4.72 Å². The number of sulfonamides is 1. The van der Waals surface area contributed by atoms with Gasteiger partial charge >= 0.3 is 15.5 Å². The molecule has 0 unspecified atom stereocenters. The fourth-order valence-electron chi connectivity index (χ4n) is 1.23. The lowest BCUT2D eigenvalue weighted by Gasteiger charge is -2.12. The third kappa shape index (κ3) is 3.40. The Hall–Kier alpha value is -1.35. The molecular formula is C10H8ClF4NO3S. The number of rotatable bonds is 4. The van der Waals surface area contributed by atoms with Crippen molar-refractivity contribution in [3.05, 3.63) is 28.5 Å². The number of halogens is 5. The number of hydrogen-bond acceptors (Lipinski definition) is 3. The van der Waals surface area contributed by atoms with Crippen LogP contribution in [0.1, 0.15) is 23.7 Å². The standard InChI is InChI=1S/C10H8ClF4NO3S/c1-2-9(17)5-3-8(7(12)4-6(5)11)16-20(18,19)10(13,14)15/h3-4,16H,2H2,1H3. The maximum absolute atomic E-state index is 13.4. The van der Waals surface area contributed by atoms with Gasteiger partial charge in [-0.2, -0.15) is 21.6 Å². The summed E-state index contributed by atoms with van der Waals surface area (Å²) in [5.74, 6) is -1.89. The average Bonchev–Trinajstić information content (AvgIpc) is 2.30. The van der Waals surface area contributed by atoms with E-state index in [0.717, 1.165) is 4.72 Å². The molecule has 0 bridgehead atoms. The highest BCUT2D eigenvalue weighted by Crippen LogP contribution is 2.30. The van der Waals surface area contributed by atoms with Crippen LogP contribution in [0.4, 0.5) is 23.2 Å². The lowest BCUT2D eigenvalue weighted by atomic mass is 10.1. The van der Waals surface area contributed by atoms with Crippen LogP contribution in [0.3, 0.4) is 0 Å². The molecule has 112 valence electrons. The molecule has 10 heteroatoms. The van der Waals surface area contributed by atoms with E-state index >= 15 is 0 Å². The zero-order chi connectivity index (χ0) is 15.7. The van der Waals surface area contributed by atoms with Crippen LogP contribution < -0.4 is 4.72 Å².